The first-order valence-electron chi connectivity index (χ1n) is 19.1. The number of carbonyl (C=O) groups is 3. The molecular weight excluding hydrogens is 610 g/mol. The monoisotopic (exact) mass is 673 g/mol. The smallest absolute Gasteiger partial charge is 0.322 e. The van der Waals surface area contributed by atoms with E-state index in [1.807, 2.05) is 34.1 Å². The van der Waals surface area contributed by atoms with Crippen LogP contribution in [-0.2, 0) is 35.4 Å². The molecule has 2 fully saturated rings. The first-order chi connectivity index (χ1) is 23.7. The number of hydrogen-bond donors (Lipinski definition) is 1. The van der Waals surface area contributed by atoms with E-state index in [0.29, 0.717) is 26.1 Å². The predicted molar refractivity (Wildman–Crippen MR) is 201 cm³/mol. The van der Waals surface area contributed by atoms with Crippen LogP contribution in [0.2, 0.25) is 0 Å². The fraction of sp³-hybridized carbons (Fsp3) is 0.634. The highest BCUT2D eigenvalue weighted by Crippen LogP contribution is 2.28. The minimum Gasteiger partial charge on any atom is -0.343 e. The van der Waals surface area contributed by atoms with Crippen molar-refractivity contribution in [2.75, 3.05) is 51.6 Å². The summed E-state index contributed by atoms with van der Waals surface area (Å²) in [4.78, 5) is 47.1. The zero-order chi connectivity index (χ0) is 35.3. The van der Waals surface area contributed by atoms with Gasteiger partial charge in [0.15, 0.2) is 0 Å². The van der Waals surface area contributed by atoms with Crippen LogP contribution in [0, 0.1) is 5.92 Å². The molecule has 1 unspecified atom stereocenters. The number of nitrogens with one attached hydrogen (secondary N) is 1. The molecule has 3 aliphatic heterocycles. The summed E-state index contributed by atoms with van der Waals surface area (Å²) in [6, 6.07) is 15.3. The lowest BCUT2D eigenvalue weighted by molar-refractivity contribution is -0.136. The molecule has 3 aliphatic rings. The van der Waals surface area contributed by atoms with Crippen LogP contribution in [0.1, 0.15) is 102 Å². The van der Waals surface area contributed by atoms with Crippen molar-refractivity contribution >= 4 is 23.4 Å². The molecule has 3 amide bonds. The third kappa shape index (κ3) is 10.9. The van der Waals surface area contributed by atoms with Crippen molar-refractivity contribution in [1.29, 1.82) is 0 Å². The van der Waals surface area contributed by atoms with Crippen LogP contribution >= 0.6 is 0 Å². The van der Waals surface area contributed by atoms with Crippen LogP contribution < -0.4 is 5.32 Å². The molecule has 1 atom stereocenters. The molecule has 8 heteroatoms. The van der Waals surface area contributed by atoms with Crippen LogP contribution in [0.4, 0.5) is 10.5 Å². The first kappa shape index (κ1) is 38.6. The van der Waals surface area contributed by atoms with Crippen molar-refractivity contribution in [2.24, 2.45) is 5.92 Å². The summed E-state index contributed by atoms with van der Waals surface area (Å²) in [6.45, 7) is 17.5. The van der Waals surface area contributed by atoms with E-state index < -0.39 is 0 Å². The number of amides is 3. The molecule has 2 aromatic carbocycles. The molecule has 0 bridgehead atoms. The van der Waals surface area contributed by atoms with Gasteiger partial charge in [0, 0.05) is 49.7 Å². The average Bonchev–Trinajstić information content (AvgIpc) is 3.11. The van der Waals surface area contributed by atoms with Crippen molar-refractivity contribution in [3.63, 3.8) is 0 Å². The Hall–Kier alpha value is -3.23. The van der Waals surface area contributed by atoms with Gasteiger partial charge in [-0.15, -0.1) is 0 Å². The fourth-order valence-electron chi connectivity index (χ4n) is 7.82. The van der Waals surface area contributed by atoms with E-state index in [-0.39, 0.29) is 36.1 Å². The van der Waals surface area contributed by atoms with Gasteiger partial charge in [-0.1, -0.05) is 64.1 Å². The number of piperidine rings is 2. The lowest BCUT2D eigenvalue weighted by Gasteiger charge is -2.40. The molecule has 2 saturated heterocycles. The van der Waals surface area contributed by atoms with Crippen LogP contribution in [0.3, 0.4) is 0 Å². The molecule has 49 heavy (non-hydrogen) atoms. The zero-order valence-electron chi connectivity index (χ0n) is 31.3. The van der Waals surface area contributed by atoms with E-state index >= 15 is 0 Å². The van der Waals surface area contributed by atoms with E-state index in [4.69, 9.17) is 0 Å². The number of aryl methyl sites for hydroxylation is 2. The second-order valence-corrected chi connectivity index (χ2v) is 14.4. The molecule has 5 rings (SSSR count). The average molecular weight is 674 g/mol. The number of anilines is 1. The number of nitrogens with zero attached hydrogens (tertiary/aromatic N) is 4. The van der Waals surface area contributed by atoms with Gasteiger partial charge in [-0.05, 0) is 126 Å². The van der Waals surface area contributed by atoms with E-state index in [2.05, 4.69) is 68.1 Å². The Balaban J connectivity index is 0.000000324. The van der Waals surface area contributed by atoms with Crippen LogP contribution in [-0.4, -0.2) is 95.7 Å². The molecule has 1 N–H and O–H groups in total. The minimum atomic E-state index is -0.304. The Morgan fingerprint density at radius 2 is 1.53 bits per heavy atom. The number of hydrogen-bond acceptors (Lipinski definition) is 5. The minimum absolute atomic E-state index is 0.0398. The summed E-state index contributed by atoms with van der Waals surface area (Å²) >= 11 is 0. The van der Waals surface area contributed by atoms with Crippen molar-refractivity contribution in [3.8, 4) is 0 Å². The molecule has 0 spiro atoms. The second-order valence-electron chi connectivity index (χ2n) is 14.4. The Kier molecular flexibility index (Phi) is 15.1. The van der Waals surface area contributed by atoms with E-state index in [0.717, 1.165) is 48.5 Å². The second kappa shape index (κ2) is 19.2. The topological polar surface area (TPSA) is 76.2 Å². The summed E-state index contributed by atoms with van der Waals surface area (Å²) in [5.74, 6) is -0.200. The number of ketones is 1. The number of fused-ring (bicyclic) bond motifs is 1. The zero-order valence-corrected chi connectivity index (χ0v) is 31.3. The number of likely N-dealkylation sites (tertiary alicyclic amines) is 2. The molecular formula is C41H63N5O3. The third-order valence-corrected chi connectivity index (χ3v) is 10.9. The van der Waals surface area contributed by atoms with Gasteiger partial charge in [-0.2, -0.15) is 0 Å². The van der Waals surface area contributed by atoms with Crippen molar-refractivity contribution in [3.05, 3.63) is 64.7 Å². The summed E-state index contributed by atoms with van der Waals surface area (Å²) in [5.41, 5.74) is 5.80. The number of Topliss-reactive ketones (excluding diaryl/α,β-unsaturated/α-hetero) is 1. The number of para-hydroxylation sites is 1. The van der Waals surface area contributed by atoms with E-state index in [1.165, 1.54) is 63.0 Å². The molecule has 0 radical (unpaired) electrons. The van der Waals surface area contributed by atoms with E-state index in [9.17, 15) is 14.4 Å². The number of benzene rings is 2. The fourth-order valence-corrected chi connectivity index (χ4v) is 7.82. The molecule has 270 valence electrons. The van der Waals surface area contributed by atoms with Crippen molar-refractivity contribution in [2.45, 2.75) is 117 Å². The SMILES string of the molecule is CCCN(CCC)C1CCN(C)CC1.CCc1ccc(CC(CC(=O)N2CCC(N3Cc4ccccc4NC3=O)CC2)C(C)=O)cc1CC. The van der Waals surface area contributed by atoms with Gasteiger partial charge in [0.05, 0.1) is 0 Å². The van der Waals surface area contributed by atoms with Crippen LogP contribution in [0.25, 0.3) is 0 Å². The molecule has 0 aromatic heterocycles. The van der Waals surface area contributed by atoms with Gasteiger partial charge in [0.1, 0.15) is 5.78 Å². The van der Waals surface area contributed by atoms with Gasteiger partial charge >= 0.3 is 6.03 Å². The summed E-state index contributed by atoms with van der Waals surface area (Å²) in [7, 11) is 2.24. The summed E-state index contributed by atoms with van der Waals surface area (Å²) in [5, 5.41) is 2.99. The standard InChI is InChI=1S/C29H37N3O3.C12H26N2/c1-4-22-11-10-21(16-23(22)5-2)17-25(20(3)33)18-28(34)31-14-12-26(13-15-31)32-19-24-8-6-7-9-27(24)30-29(32)35;1-4-8-14(9-5-2)12-6-10-13(3)11-7-12/h6-11,16,25-26H,4-5,12-15,17-19H2,1-3H3,(H,30,35);12H,4-11H2,1-3H3. The molecule has 8 nitrogen and oxygen atoms in total. The highest BCUT2D eigenvalue weighted by atomic mass is 16.2. The van der Waals surface area contributed by atoms with Gasteiger partial charge in [-0.3, -0.25) is 9.59 Å². The predicted octanol–water partition coefficient (Wildman–Crippen LogP) is 7.19. The molecule has 0 saturated carbocycles. The van der Waals surface area contributed by atoms with Crippen LogP contribution in [0.5, 0.6) is 0 Å². The van der Waals surface area contributed by atoms with Gasteiger partial charge in [-0.25, -0.2) is 4.79 Å². The Labute approximate surface area is 296 Å². The molecule has 3 heterocycles. The Bertz CT molecular complexity index is 1360. The summed E-state index contributed by atoms with van der Waals surface area (Å²) in [6.07, 6.45) is 9.66. The summed E-state index contributed by atoms with van der Waals surface area (Å²) < 4.78 is 0. The highest BCUT2D eigenvalue weighted by Gasteiger charge is 2.33. The largest absolute Gasteiger partial charge is 0.343 e. The molecule has 2 aromatic rings. The molecule has 0 aliphatic carbocycles. The van der Waals surface area contributed by atoms with Gasteiger partial charge in [0.25, 0.3) is 0 Å². The van der Waals surface area contributed by atoms with E-state index in [1.54, 1.807) is 6.92 Å². The third-order valence-electron chi connectivity index (χ3n) is 10.9. The maximum Gasteiger partial charge on any atom is 0.322 e. The normalized spacial score (nSPS) is 18.1. The maximum atomic E-state index is 13.1. The van der Waals surface area contributed by atoms with Crippen molar-refractivity contribution in [1.82, 2.24) is 19.6 Å². The highest BCUT2D eigenvalue weighted by molar-refractivity contribution is 5.92. The number of urea groups is 1. The number of rotatable bonds is 13. The quantitative estimate of drug-likeness (QED) is 0.244. The number of carbonyl (C=O) groups excluding carboxylic acids is 3. The van der Waals surface area contributed by atoms with Crippen molar-refractivity contribution < 1.29 is 14.4 Å². The lowest BCUT2D eigenvalue weighted by atomic mass is 9.89. The lowest BCUT2D eigenvalue weighted by Crippen LogP contribution is -2.51. The Morgan fingerprint density at radius 1 is 0.878 bits per heavy atom. The van der Waals surface area contributed by atoms with Crippen LogP contribution in [0.15, 0.2) is 42.5 Å². The maximum absolute atomic E-state index is 13.1. The Morgan fingerprint density at radius 3 is 2.14 bits per heavy atom. The van der Waals surface area contributed by atoms with Gasteiger partial charge in [0.2, 0.25) is 5.91 Å². The first-order valence-corrected chi connectivity index (χ1v) is 19.1. The van der Waals surface area contributed by atoms with Gasteiger partial charge < -0.3 is 24.9 Å².